The standard InChI is InChI=1S/C25H27ClFN5O2/c1-2-34-22-13-20-16(12-21(22)32-10-8-31(9-11-32)15-6-7-15)24(17(14-29-20)25(28)33)30-19-5-3-4-18(26)23(19)27/h3-5,12-15H,2,6-11H2,1H3,(H2,28,33)(H,29,30). The van der Waals surface area contributed by atoms with Crippen molar-refractivity contribution in [2.75, 3.05) is 43.0 Å². The van der Waals surface area contributed by atoms with Crippen molar-refractivity contribution in [1.29, 1.82) is 0 Å². The Morgan fingerprint density at radius 3 is 2.71 bits per heavy atom. The minimum atomic E-state index is -0.659. The van der Waals surface area contributed by atoms with Crippen LogP contribution in [0.5, 0.6) is 5.75 Å². The van der Waals surface area contributed by atoms with Crippen LogP contribution in [0, 0.1) is 5.82 Å². The fourth-order valence-electron chi connectivity index (χ4n) is 4.55. The van der Waals surface area contributed by atoms with Gasteiger partial charge in [0.1, 0.15) is 5.75 Å². The molecule has 1 saturated heterocycles. The highest BCUT2D eigenvalue weighted by molar-refractivity contribution is 6.31. The summed E-state index contributed by atoms with van der Waals surface area (Å²) in [5.74, 6) is -0.534. The molecule has 0 unspecified atom stereocenters. The SMILES string of the molecule is CCOc1cc2ncc(C(N)=O)c(Nc3cccc(Cl)c3F)c2cc1N1CCN(C2CC2)CC1. The summed E-state index contributed by atoms with van der Waals surface area (Å²) >= 11 is 5.98. The zero-order valence-electron chi connectivity index (χ0n) is 19.0. The number of anilines is 3. The van der Waals surface area contributed by atoms with Gasteiger partial charge in [0.05, 0.1) is 39.8 Å². The van der Waals surface area contributed by atoms with Crippen LogP contribution in [0.3, 0.4) is 0 Å². The van der Waals surface area contributed by atoms with E-state index in [4.69, 9.17) is 22.1 Å². The van der Waals surface area contributed by atoms with E-state index < -0.39 is 11.7 Å². The van der Waals surface area contributed by atoms with Crippen molar-refractivity contribution in [3.05, 3.63) is 52.9 Å². The average Bonchev–Trinajstić information content (AvgIpc) is 3.67. The van der Waals surface area contributed by atoms with E-state index in [-0.39, 0.29) is 16.3 Å². The van der Waals surface area contributed by atoms with Gasteiger partial charge >= 0.3 is 0 Å². The molecule has 2 fully saturated rings. The molecule has 1 amide bonds. The Hall–Kier alpha value is -3.10. The van der Waals surface area contributed by atoms with E-state index in [2.05, 4.69) is 20.1 Å². The van der Waals surface area contributed by atoms with E-state index in [1.807, 2.05) is 19.1 Å². The second-order valence-electron chi connectivity index (χ2n) is 8.66. The molecule has 1 aromatic heterocycles. The highest BCUT2D eigenvalue weighted by Gasteiger charge is 2.32. The number of primary amides is 1. The van der Waals surface area contributed by atoms with Crippen LogP contribution in [-0.4, -0.2) is 54.6 Å². The second kappa shape index (κ2) is 9.27. The van der Waals surface area contributed by atoms with Gasteiger partial charge in [-0.15, -0.1) is 0 Å². The molecular formula is C25H27ClFN5O2. The fourth-order valence-corrected chi connectivity index (χ4v) is 4.73. The molecule has 2 heterocycles. The van der Waals surface area contributed by atoms with Crippen LogP contribution in [0.1, 0.15) is 30.1 Å². The van der Waals surface area contributed by atoms with E-state index in [1.165, 1.54) is 25.1 Å². The quantitative estimate of drug-likeness (QED) is 0.513. The lowest BCUT2D eigenvalue weighted by atomic mass is 10.1. The molecule has 2 aromatic carbocycles. The molecule has 0 atom stereocenters. The number of carbonyl (C=O) groups excluding carboxylic acids is 1. The molecule has 34 heavy (non-hydrogen) atoms. The predicted octanol–water partition coefficient (Wildman–Crippen LogP) is 4.55. The number of ether oxygens (including phenoxy) is 1. The summed E-state index contributed by atoms with van der Waals surface area (Å²) in [6, 6.07) is 9.22. The minimum absolute atomic E-state index is 0.0168. The third-order valence-corrected chi connectivity index (χ3v) is 6.74. The van der Waals surface area contributed by atoms with Gasteiger partial charge in [-0.25, -0.2) is 4.39 Å². The van der Waals surface area contributed by atoms with Crippen molar-refractivity contribution in [2.45, 2.75) is 25.8 Å². The van der Waals surface area contributed by atoms with Gasteiger partial charge in [-0.2, -0.15) is 0 Å². The molecule has 2 aliphatic rings. The number of nitrogens with two attached hydrogens (primary N) is 1. The third kappa shape index (κ3) is 4.35. The number of piperazine rings is 1. The number of fused-ring (bicyclic) bond motifs is 1. The summed E-state index contributed by atoms with van der Waals surface area (Å²) in [7, 11) is 0. The van der Waals surface area contributed by atoms with E-state index in [0.717, 1.165) is 43.7 Å². The number of hydrogen-bond donors (Lipinski definition) is 2. The molecule has 7 nitrogen and oxygen atoms in total. The molecule has 0 spiro atoms. The van der Waals surface area contributed by atoms with Gasteiger partial charge in [0.15, 0.2) is 5.82 Å². The lowest BCUT2D eigenvalue weighted by Crippen LogP contribution is -2.47. The van der Waals surface area contributed by atoms with Crippen molar-refractivity contribution in [1.82, 2.24) is 9.88 Å². The summed E-state index contributed by atoms with van der Waals surface area (Å²) < 4.78 is 20.7. The Labute approximate surface area is 202 Å². The Morgan fingerprint density at radius 2 is 2.03 bits per heavy atom. The van der Waals surface area contributed by atoms with Crippen molar-refractivity contribution >= 4 is 45.5 Å². The first-order chi connectivity index (χ1) is 16.5. The maximum atomic E-state index is 14.7. The van der Waals surface area contributed by atoms with Gasteiger partial charge in [0.25, 0.3) is 5.91 Å². The molecule has 0 bridgehead atoms. The van der Waals surface area contributed by atoms with Crippen molar-refractivity contribution in [3.8, 4) is 5.75 Å². The zero-order chi connectivity index (χ0) is 23.8. The van der Waals surface area contributed by atoms with Crippen LogP contribution in [-0.2, 0) is 0 Å². The van der Waals surface area contributed by atoms with Gasteiger partial charge in [0, 0.05) is 49.9 Å². The molecule has 3 aromatic rings. The lowest BCUT2D eigenvalue weighted by Gasteiger charge is -2.37. The van der Waals surface area contributed by atoms with Crippen molar-refractivity contribution in [2.24, 2.45) is 5.73 Å². The third-order valence-electron chi connectivity index (χ3n) is 6.44. The van der Waals surface area contributed by atoms with Gasteiger partial charge in [-0.1, -0.05) is 17.7 Å². The van der Waals surface area contributed by atoms with Crippen LogP contribution in [0.2, 0.25) is 5.02 Å². The highest BCUT2D eigenvalue weighted by Crippen LogP contribution is 2.39. The summed E-state index contributed by atoms with van der Waals surface area (Å²) in [6.45, 7) is 6.18. The molecular weight excluding hydrogens is 457 g/mol. The average molecular weight is 484 g/mol. The molecule has 5 rings (SSSR count). The molecule has 1 aliphatic carbocycles. The molecule has 9 heteroatoms. The summed E-state index contributed by atoms with van der Waals surface area (Å²) in [5, 5.41) is 3.68. The van der Waals surface area contributed by atoms with E-state index >= 15 is 0 Å². The van der Waals surface area contributed by atoms with E-state index in [9.17, 15) is 9.18 Å². The number of aromatic nitrogens is 1. The fraction of sp³-hybridized carbons (Fsp3) is 0.360. The molecule has 1 saturated carbocycles. The summed E-state index contributed by atoms with van der Waals surface area (Å²) in [6.07, 6.45) is 3.98. The van der Waals surface area contributed by atoms with Gasteiger partial charge in [0.2, 0.25) is 0 Å². The predicted molar refractivity (Wildman–Crippen MR) is 133 cm³/mol. The Kier molecular flexibility index (Phi) is 6.18. The minimum Gasteiger partial charge on any atom is -0.492 e. The van der Waals surface area contributed by atoms with Gasteiger partial charge in [-0.05, 0) is 38.0 Å². The maximum Gasteiger partial charge on any atom is 0.252 e. The number of nitrogens with one attached hydrogen (secondary N) is 1. The lowest BCUT2D eigenvalue weighted by molar-refractivity contribution is 0.100. The molecule has 3 N–H and O–H groups in total. The highest BCUT2D eigenvalue weighted by atomic mass is 35.5. The number of amides is 1. The smallest absolute Gasteiger partial charge is 0.252 e. The largest absolute Gasteiger partial charge is 0.492 e. The Morgan fingerprint density at radius 1 is 1.26 bits per heavy atom. The van der Waals surface area contributed by atoms with Crippen LogP contribution in [0.4, 0.5) is 21.5 Å². The topological polar surface area (TPSA) is 83.7 Å². The van der Waals surface area contributed by atoms with Crippen molar-refractivity contribution < 1.29 is 13.9 Å². The van der Waals surface area contributed by atoms with Crippen LogP contribution in [0.25, 0.3) is 10.9 Å². The number of carbonyl (C=O) groups is 1. The van der Waals surface area contributed by atoms with E-state index in [0.29, 0.717) is 23.2 Å². The van der Waals surface area contributed by atoms with Gasteiger partial charge in [-0.3, -0.25) is 14.7 Å². The first-order valence-electron chi connectivity index (χ1n) is 11.6. The normalized spacial score (nSPS) is 16.6. The first kappa shape index (κ1) is 22.7. The van der Waals surface area contributed by atoms with Crippen LogP contribution < -0.4 is 20.7 Å². The number of hydrogen-bond acceptors (Lipinski definition) is 6. The van der Waals surface area contributed by atoms with Crippen molar-refractivity contribution in [3.63, 3.8) is 0 Å². The van der Waals surface area contributed by atoms with E-state index in [1.54, 1.807) is 12.1 Å². The summed E-state index contributed by atoms with van der Waals surface area (Å²) in [4.78, 5) is 21.5. The number of pyridine rings is 1. The molecule has 0 radical (unpaired) electrons. The first-order valence-corrected chi connectivity index (χ1v) is 11.9. The monoisotopic (exact) mass is 483 g/mol. The van der Waals surface area contributed by atoms with Crippen LogP contribution in [0.15, 0.2) is 36.5 Å². The number of nitrogens with zero attached hydrogens (tertiary/aromatic N) is 3. The second-order valence-corrected chi connectivity index (χ2v) is 9.07. The number of rotatable bonds is 7. The number of benzene rings is 2. The van der Waals surface area contributed by atoms with Crippen LogP contribution >= 0.6 is 11.6 Å². The number of halogens is 2. The molecule has 1 aliphatic heterocycles. The maximum absolute atomic E-state index is 14.7. The summed E-state index contributed by atoms with van der Waals surface area (Å²) in [5.41, 5.74) is 7.89. The molecule has 178 valence electrons. The Bertz CT molecular complexity index is 1240. The van der Waals surface area contributed by atoms with Gasteiger partial charge < -0.3 is 20.7 Å². The zero-order valence-corrected chi connectivity index (χ0v) is 19.7. The Balaban J connectivity index is 1.60.